The number of amides is 3. The molecule has 0 spiro atoms. The van der Waals surface area contributed by atoms with Crippen LogP contribution in [0.2, 0.25) is 0 Å². The fourth-order valence-electron chi connectivity index (χ4n) is 14.9. The van der Waals surface area contributed by atoms with E-state index in [1.807, 2.05) is 42.5 Å². The SMILES string of the molecule is CCN1CCN(c2ccc(Nc3ncnc(Oc4cc(F)c5[nH]c(C)cc5c4F)c3C(=O)N3CC(F)(F)C3)cc2)CC1.Cc1cc2c(F)c(Oc3ncnc(Nc4ccc(N5CCN(C)CC5)cc4)c3C(=O)N3CC(F)(F)C3)cc(F)c2[nH]1.Cc1cc2c(F)c(Oc3ncnc(Nc4ccc(N5CCNCC5)cn4)c3C(=O)N3CCC3)cc(F)c2[nH]1. The number of pyridine rings is 1. The molecule has 630 valence electrons. The average Bonchev–Trinajstić information content (AvgIpc) is 1.47. The summed E-state index contributed by atoms with van der Waals surface area (Å²) in [7, 11) is 2.08. The molecule has 6 fully saturated rings. The van der Waals surface area contributed by atoms with Crippen molar-refractivity contribution < 1.29 is 72.5 Å². The zero-order chi connectivity index (χ0) is 84.7. The molecule has 0 radical (unpaired) electrons. The summed E-state index contributed by atoms with van der Waals surface area (Å²) in [6.45, 7) is 17.2. The number of hydrogen-bond acceptors (Lipinski definition) is 22. The number of anilines is 9. The first-order chi connectivity index (χ1) is 58.2. The largest absolute Gasteiger partial charge is 0.435 e. The van der Waals surface area contributed by atoms with Crippen LogP contribution < -0.4 is 50.2 Å². The Hall–Kier alpha value is -13.1. The summed E-state index contributed by atoms with van der Waals surface area (Å²) in [5.41, 5.74) is 5.32. The molecule has 7 N–H and O–H groups in total. The van der Waals surface area contributed by atoms with Crippen molar-refractivity contribution in [2.45, 2.75) is 46.0 Å². The summed E-state index contributed by atoms with van der Waals surface area (Å²) in [5.74, 6) is -14.6. The fraction of sp³-hybridized carbons (Fsp3) is 0.325. The normalized spacial score (nSPS) is 16.5. The van der Waals surface area contributed by atoms with Gasteiger partial charge in [-0.2, -0.15) is 0 Å². The van der Waals surface area contributed by atoms with Gasteiger partial charge >= 0.3 is 0 Å². The highest BCUT2D eigenvalue weighted by Gasteiger charge is 2.49. The van der Waals surface area contributed by atoms with Gasteiger partial charge in [0.05, 0.1) is 54.6 Å². The number of piperazine rings is 3. The van der Waals surface area contributed by atoms with E-state index < -0.39 is 108 Å². The average molecular weight is 1670 g/mol. The number of aromatic amines is 3. The third kappa shape index (κ3) is 17.5. The maximum absolute atomic E-state index is 15.3. The van der Waals surface area contributed by atoms with E-state index >= 15 is 13.2 Å². The quantitative estimate of drug-likeness (QED) is 0.0370. The lowest BCUT2D eigenvalue weighted by Crippen LogP contribution is -2.58. The number of nitrogens with one attached hydrogen (secondary N) is 7. The number of H-pyrrole nitrogens is 3. The molecule has 6 saturated heterocycles. The minimum Gasteiger partial charge on any atom is -0.435 e. The Bertz CT molecular complexity index is 5860. The van der Waals surface area contributed by atoms with Crippen LogP contribution in [0.4, 0.5) is 95.6 Å². The maximum atomic E-state index is 15.3. The summed E-state index contributed by atoms with van der Waals surface area (Å²) in [5, 5.41) is 12.4. The molecule has 3 amide bonds. The van der Waals surface area contributed by atoms with Crippen LogP contribution in [0.15, 0.2) is 122 Å². The number of alkyl halides is 4. The zero-order valence-corrected chi connectivity index (χ0v) is 66.1. The van der Waals surface area contributed by atoms with E-state index in [2.05, 4.69) is 110 Å². The Morgan fingerprint density at radius 3 is 1.15 bits per heavy atom. The molecule has 7 aromatic heterocycles. The van der Waals surface area contributed by atoms with Gasteiger partial charge in [-0.1, -0.05) is 6.92 Å². The molecule has 13 heterocycles. The van der Waals surface area contributed by atoms with Gasteiger partial charge < -0.3 is 89.6 Å². The summed E-state index contributed by atoms with van der Waals surface area (Å²) in [4.78, 5) is 92.6. The fourth-order valence-corrected chi connectivity index (χ4v) is 14.9. The van der Waals surface area contributed by atoms with Gasteiger partial charge in [0, 0.05) is 166 Å². The number of ether oxygens (including phenoxy) is 3. The van der Waals surface area contributed by atoms with Gasteiger partial charge in [0.15, 0.2) is 69.6 Å². The monoisotopic (exact) mass is 1670 g/mol. The second-order valence-electron chi connectivity index (χ2n) is 30.2. The number of carbonyl (C=O) groups is 3. The Morgan fingerprint density at radius 2 is 0.793 bits per heavy atom. The van der Waals surface area contributed by atoms with E-state index in [0.29, 0.717) is 47.4 Å². The van der Waals surface area contributed by atoms with Crippen molar-refractivity contribution in [1.29, 1.82) is 0 Å². The van der Waals surface area contributed by atoms with E-state index in [1.165, 1.54) is 24.5 Å². The second-order valence-corrected chi connectivity index (χ2v) is 30.2. The van der Waals surface area contributed by atoms with E-state index in [0.717, 1.165) is 149 Å². The van der Waals surface area contributed by atoms with Crippen LogP contribution in [-0.2, 0) is 0 Å². The number of likely N-dealkylation sites (tertiary alicyclic amines) is 3. The van der Waals surface area contributed by atoms with Crippen molar-refractivity contribution in [3.63, 3.8) is 0 Å². The van der Waals surface area contributed by atoms with Crippen LogP contribution in [0.5, 0.6) is 34.9 Å². The highest BCUT2D eigenvalue weighted by atomic mass is 19.3. The lowest BCUT2D eigenvalue weighted by Gasteiger charge is -2.38. The van der Waals surface area contributed by atoms with E-state index in [-0.39, 0.29) is 84.4 Å². The molecule has 6 aliphatic heterocycles. The van der Waals surface area contributed by atoms with Gasteiger partial charge in [0.25, 0.3) is 29.6 Å². The number of aryl methyl sites for hydroxylation is 3. The molecule has 6 aliphatic rings. The molecular formula is C83H82F10N22O6. The highest BCUT2D eigenvalue weighted by molar-refractivity contribution is 6.04. The number of benzene rings is 5. The van der Waals surface area contributed by atoms with Crippen LogP contribution >= 0.6 is 0 Å². The van der Waals surface area contributed by atoms with Crippen molar-refractivity contribution in [3.8, 4) is 34.9 Å². The Balaban J connectivity index is 0.000000135. The Labute approximate surface area is 685 Å². The van der Waals surface area contributed by atoms with Crippen molar-refractivity contribution in [2.24, 2.45) is 0 Å². The Morgan fingerprint density at radius 1 is 0.430 bits per heavy atom. The number of likely N-dealkylation sites (N-methyl/N-ethyl adjacent to an activating group) is 2. The van der Waals surface area contributed by atoms with Crippen molar-refractivity contribution in [2.75, 3.05) is 162 Å². The summed E-state index contributed by atoms with van der Waals surface area (Å²) >= 11 is 0. The summed E-state index contributed by atoms with van der Waals surface area (Å²) in [6.07, 6.45) is 6.01. The molecule has 0 bridgehead atoms. The lowest BCUT2D eigenvalue weighted by atomic mass is 10.1. The van der Waals surface area contributed by atoms with Gasteiger partial charge in [-0.3, -0.25) is 14.4 Å². The topological polar surface area (TPSA) is 291 Å². The van der Waals surface area contributed by atoms with Crippen LogP contribution in [-0.4, -0.2) is 235 Å². The molecule has 5 aromatic carbocycles. The van der Waals surface area contributed by atoms with Crippen molar-refractivity contribution in [3.05, 3.63) is 191 Å². The first-order valence-corrected chi connectivity index (χ1v) is 39.1. The first kappa shape index (κ1) is 81.6. The predicted molar refractivity (Wildman–Crippen MR) is 433 cm³/mol. The smallest absolute Gasteiger partial charge is 0.282 e. The number of nitrogens with zero attached hydrogens (tertiary/aromatic N) is 15. The number of hydrogen-bond donors (Lipinski definition) is 7. The van der Waals surface area contributed by atoms with Gasteiger partial charge in [-0.05, 0) is 120 Å². The van der Waals surface area contributed by atoms with Crippen LogP contribution in [0.1, 0.15) is 61.5 Å². The maximum Gasteiger partial charge on any atom is 0.282 e. The van der Waals surface area contributed by atoms with E-state index in [4.69, 9.17) is 14.2 Å². The van der Waals surface area contributed by atoms with Crippen LogP contribution in [0.3, 0.4) is 0 Å². The molecule has 0 aliphatic carbocycles. The number of halogens is 10. The molecule has 0 atom stereocenters. The summed E-state index contributed by atoms with van der Waals surface area (Å²) < 4.78 is 162. The molecule has 121 heavy (non-hydrogen) atoms. The first-order valence-electron chi connectivity index (χ1n) is 39.1. The van der Waals surface area contributed by atoms with Gasteiger partial charge in [0.2, 0.25) is 17.6 Å². The van der Waals surface area contributed by atoms with Gasteiger partial charge in [-0.15, -0.1) is 0 Å². The Kier molecular flexibility index (Phi) is 22.9. The number of rotatable bonds is 19. The lowest BCUT2D eigenvalue weighted by molar-refractivity contribution is -0.113. The molecule has 0 saturated carbocycles. The minimum absolute atomic E-state index is 0.0188. The standard InChI is InChI=1S/C29H29F4N7O2.C28H27F4N7O2.C26H26F2N8O2/c1-3-38-8-10-39(11-9-38)19-6-4-18(5-7-19)37-26-23(28(41)40-14-29(32,33)15-40)27(35-16-34-26)42-22-13-21(30)25-20(24(22)31)12-17(2)36-25;1-16-11-19-23(30)21(12-20(29)24(19)35-16)41-26-22(27(40)39-13-28(31,32)14-39)25(33-15-34-26)36-17-3-5-18(6-4-17)38-9-7-37(2)8-10-38;1-15-11-17-22(28)19(12-18(27)23(17)33-15)38-25-21(26(37)36-7-2-8-36)24(31-14-32-25)34-20-4-3-16(13-30-20)35-9-5-29-6-10-35/h4-7,12-13,16,36H,3,8-11,14-15H2,1-2H3,(H,34,35,37);3-6,11-12,15,35H,7-10,13-14H2,1-2H3,(H,33,34,36);3-4,11-14,29,33H,2,5-10H2,1H3,(H,30,31,32,34). The number of carbonyl (C=O) groups excluding carboxylic acids is 3. The van der Waals surface area contributed by atoms with Gasteiger partial charge in [0.1, 0.15) is 41.5 Å². The van der Waals surface area contributed by atoms with Crippen LogP contribution in [0, 0.1) is 55.7 Å². The van der Waals surface area contributed by atoms with Crippen LogP contribution in [0.25, 0.3) is 32.7 Å². The van der Waals surface area contributed by atoms with Crippen molar-refractivity contribution >= 4 is 102 Å². The van der Waals surface area contributed by atoms with E-state index in [9.17, 15) is 45.1 Å². The highest BCUT2D eigenvalue weighted by Crippen LogP contribution is 2.42. The zero-order valence-electron chi connectivity index (χ0n) is 66.1. The predicted octanol–water partition coefficient (Wildman–Crippen LogP) is 14.0. The van der Waals surface area contributed by atoms with Crippen molar-refractivity contribution in [1.82, 2.24) is 79.7 Å². The number of aromatic nitrogens is 10. The van der Waals surface area contributed by atoms with Gasteiger partial charge in [-0.25, -0.2) is 78.8 Å². The molecule has 28 nitrogen and oxygen atoms in total. The molecular weight excluding hydrogens is 1590 g/mol. The number of fused-ring (bicyclic) bond motifs is 3. The third-order valence-electron chi connectivity index (χ3n) is 21.6. The molecule has 12 aromatic rings. The minimum atomic E-state index is -3.02. The van der Waals surface area contributed by atoms with E-state index in [1.54, 1.807) is 50.1 Å². The molecule has 18 rings (SSSR count). The summed E-state index contributed by atoms with van der Waals surface area (Å²) in [6, 6.07) is 25.7. The third-order valence-corrected chi connectivity index (χ3v) is 21.6. The molecule has 0 unspecified atom stereocenters. The second kappa shape index (κ2) is 34.0. The molecule has 38 heteroatoms.